The Balaban J connectivity index is 2.46. The molecular formula is C7H11N. The largest absolute Gasteiger partial charge is 0.380 e. The Kier molecular flexibility index (Phi) is 1.73. The van der Waals surface area contributed by atoms with E-state index >= 15 is 0 Å². The number of nitrogens with zero attached hydrogens (tertiary/aromatic N) is 1. The topological polar surface area (TPSA) is 3.24 Å². The lowest BCUT2D eigenvalue weighted by Crippen LogP contribution is -2.09. The third kappa shape index (κ3) is 1.41. The van der Waals surface area contributed by atoms with Crippen LogP contribution < -0.4 is 0 Å². The quantitative estimate of drug-likeness (QED) is 0.454. The average molecular weight is 109 g/mol. The first-order valence-corrected chi connectivity index (χ1v) is 2.93. The van der Waals surface area contributed by atoms with Crippen molar-refractivity contribution < 1.29 is 0 Å². The molecule has 0 bridgehead atoms. The van der Waals surface area contributed by atoms with Crippen LogP contribution in [0.15, 0.2) is 24.4 Å². The fourth-order valence-electron chi connectivity index (χ4n) is 0.724. The third-order valence-corrected chi connectivity index (χ3v) is 1.24. The minimum atomic E-state index is 1.15. The Bertz CT molecular complexity index is 114. The highest BCUT2D eigenvalue weighted by atomic mass is 15.1. The zero-order chi connectivity index (χ0) is 5.82. The fourth-order valence-corrected chi connectivity index (χ4v) is 0.724. The molecule has 0 aliphatic carbocycles. The molecule has 0 radical (unpaired) electrons. The molecule has 1 nitrogen and oxygen atoms in total. The van der Waals surface area contributed by atoms with Gasteiger partial charge in [0.25, 0.3) is 0 Å². The van der Waals surface area contributed by atoms with Gasteiger partial charge in [0.2, 0.25) is 0 Å². The molecule has 1 heteroatoms. The minimum absolute atomic E-state index is 1.15. The first-order chi connectivity index (χ1) is 3.89. The smallest absolute Gasteiger partial charge is 0.0203 e. The van der Waals surface area contributed by atoms with Crippen molar-refractivity contribution in [1.82, 2.24) is 4.90 Å². The summed E-state index contributed by atoms with van der Waals surface area (Å²) >= 11 is 0. The Labute approximate surface area is 50.3 Å². The molecule has 0 aromatic carbocycles. The van der Waals surface area contributed by atoms with E-state index in [2.05, 4.69) is 36.4 Å². The van der Waals surface area contributed by atoms with E-state index in [1.807, 2.05) is 0 Å². The van der Waals surface area contributed by atoms with Crippen LogP contribution >= 0.6 is 0 Å². The summed E-state index contributed by atoms with van der Waals surface area (Å²) in [5.74, 6) is 0. The highest BCUT2D eigenvalue weighted by molar-refractivity contribution is 5.04. The molecule has 0 unspecified atom stereocenters. The van der Waals surface area contributed by atoms with Gasteiger partial charge in [0.1, 0.15) is 0 Å². The summed E-state index contributed by atoms with van der Waals surface area (Å²) in [5.41, 5.74) is 0. The summed E-state index contributed by atoms with van der Waals surface area (Å²) < 4.78 is 0. The molecule has 1 heterocycles. The summed E-state index contributed by atoms with van der Waals surface area (Å²) in [6, 6.07) is 0. The number of hydrogen-bond acceptors (Lipinski definition) is 1. The Morgan fingerprint density at radius 1 is 1.38 bits per heavy atom. The van der Waals surface area contributed by atoms with Crippen molar-refractivity contribution in [2.45, 2.75) is 6.42 Å². The van der Waals surface area contributed by atoms with Gasteiger partial charge in [-0.05, 0) is 18.7 Å². The van der Waals surface area contributed by atoms with Gasteiger partial charge in [0.15, 0.2) is 0 Å². The van der Waals surface area contributed by atoms with E-state index in [4.69, 9.17) is 0 Å². The van der Waals surface area contributed by atoms with E-state index in [0.717, 1.165) is 6.54 Å². The van der Waals surface area contributed by atoms with Gasteiger partial charge in [-0.25, -0.2) is 0 Å². The number of hydrogen-bond donors (Lipinski definition) is 0. The van der Waals surface area contributed by atoms with Crippen molar-refractivity contribution in [3.05, 3.63) is 24.4 Å². The molecule has 44 valence electrons. The second-order valence-corrected chi connectivity index (χ2v) is 2.04. The number of allylic oxidation sites excluding steroid dienone is 2. The predicted molar refractivity (Wildman–Crippen MR) is 35.5 cm³/mol. The average Bonchev–Trinajstić information content (AvgIpc) is 1.94. The zero-order valence-electron chi connectivity index (χ0n) is 5.17. The number of rotatable bonds is 0. The monoisotopic (exact) mass is 109 g/mol. The van der Waals surface area contributed by atoms with E-state index in [0.29, 0.717) is 0 Å². The van der Waals surface area contributed by atoms with Gasteiger partial charge >= 0.3 is 0 Å². The Morgan fingerprint density at radius 3 is 3.12 bits per heavy atom. The van der Waals surface area contributed by atoms with Gasteiger partial charge in [-0.2, -0.15) is 0 Å². The highest BCUT2D eigenvalue weighted by Gasteiger charge is 1.88. The molecular weight excluding hydrogens is 98.1 g/mol. The fraction of sp³-hybridized carbons (Fsp3) is 0.429. The predicted octanol–water partition coefficient (Wildman–Crippen LogP) is 1.39. The van der Waals surface area contributed by atoms with Crippen LogP contribution in [0.25, 0.3) is 0 Å². The molecule has 0 aromatic heterocycles. The van der Waals surface area contributed by atoms with E-state index in [9.17, 15) is 0 Å². The first-order valence-electron chi connectivity index (χ1n) is 2.93. The van der Waals surface area contributed by atoms with Crippen molar-refractivity contribution in [3.8, 4) is 0 Å². The van der Waals surface area contributed by atoms with Crippen LogP contribution in [-0.2, 0) is 0 Å². The normalized spacial score (nSPS) is 18.9. The van der Waals surface area contributed by atoms with E-state index in [-0.39, 0.29) is 0 Å². The van der Waals surface area contributed by atoms with Crippen LogP contribution in [0.3, 0.4) is 0 Å². The molecule has 0 N–H and O–H groups in total. The molecule has 0 saturated heterocycles. The van der Waals surface area contributed by atoms with Crippen LogP contribution in [0.5, 0.6) is 0 Å². The van der Waals surface area contributed by atoms with Crippen LogP contribution in [0.4, 0.5) is 0 Å². The van der Waals surface area contributed by atoms with E-state index in [1.54, 1.807) is 0 Å². The maximum absolute atomic E-state index is 2.18. The van der Waals surface area contributed by atoms with Gasteiger partial charge in [-0.15, -0.1) is 0 Å². The van der Waals surface area contributed by atoms with Gasteiger partial charge in [0, 0.05) is 13.6 Å². The summed E-state index contributed by atoms with van der Waals surface area (Å²) in [4.78, 5) is 2.18. The molecule has 0 atom stereocenters. The molecule has 0 fully saturated rings. The van der Waals surface area contributed by atoms with Crippen molar-refractivity contribution in [3.63, 3.8) is 0 Å². The molecule has 1 rings (SSSR count). The summed E-state index contributed by atoms with van der Waals surface area (Å²) in [6.45, 7) is 1.15. The van der Waals surface area contributed by atoms with Crippen LogP contribution in [0, 0.1) is 0 Å². The van der Waals surface area contributed by atoms with Crippen molar-refractivity contribution >= 4 is 0 Å². The Hall–Kier alpha value is -0.720. The second-order valence-electron chi connectivity index (χ2n) is 2.04. The van der Waals surface area contributed by atoms with Gasteiger partial charge < -0.3 is 4.90 Å². The standard InChI is InChI=1S/C7H11N/c1-8-6-4-2-3-5-7-8/h2-4,6H,5,7H2,1H3. The van der Waals surface area contributed by atoms with Crippen LogP contribution in [0.2, 0.25) is 0 Å². The molecule has 1 aliphatic heterocycles. The maximum Gasteiger partial charge on any atom is 0.0203 e. The van der Waals surface area contributed by atoms with E-state index in [1.165, 1.54) is 6.42 Å². The molecule has 0 saturated carbocycles. The molecule has 0 amide bonds. The third-order valence-electron chi connectivity index (χ3n) is 1.24. The lowest BCUT2D eigenvalue weighted by molar-refractivity contribution is 0.468. The van der Waals surface area contributed by atoms with Crippen LogP contribution in [0.1, 0.15) is 6.42 Å². The first kappa shape index (κ1) is 5.42. The molecule has 0 aromatic rings. The van der Waals surface area contributed by atoms with Gasteiger partial charge in [-0.3, -0.25) is 0 Å². The van der Waals surface area contributed by atoms with Gasteiger partial charge in [-0.1, -0.05) is 12.2 Å². The SMILES string of the molecule is CN1C=CC=CCC1. The lowest BCUT2D eigenvalue weighted by Gasteiger charge is -2.08. The minimum Gasteiger partial charge on any atom is -0.380 e. The van der Waals surface area contributed by atoms with Crippen molar-refractivity contribution in [1.29, 1.82) is 0 Å². The van der Waals surface area contributed by atoms with Crippen molar-refractivity contribution in [2.75, 3.05) is 13.6 Å². The summed E-state index contributed by atoms with van der Waals surface area (Å²) in [6.07, 6.45) is 9.59. The summed E-state index contributed by atoms with van der Waals surface area (Å²) in [7, 11) is 2.09. The van der Waals surface area contributed by atoms with Crippen molar-refractivity contribution in [2.24, 2.45) is 0 Å². The maximum atomic E-state index is 2.18. The van der Waals surface area contributed by atoms with Gasteiger partial charge in [0.05, 0.1) is 0 Å². The Morgan fingerprint density at radius 2 is 2.25 bits per heavy atom. The molecule has 0 spiro atoms. The lowest BCUT2D eigenvalue weighted by atomic mass is 10.4. The van der Waals surface area contributed by atoms with Crippen LogP contribution in [-0.4, -0.2) is 18.5 Å². The summed E-state index contributed by atoms with van der Waals surface area (Å²) in [5, 5.41) is 0. The zero-order valence-corrected chi connectivity index (χ0v) is 5.17. The van der Waals surface area contributed by atoms with E-state index < -0.39 is 0 Å². The highest BCUT2D eigenvalue weighted by Crippen LogP contribution is 1.95. The molecule has 8 heavy (non-hydrogen) atoms. The second kappa shape index (κ2) is 2.55. The molecule has 1 aliphatic rings.